The summed E-state index contributed by atoms with van der Waals surface area (Å²) in [6.45, 7) is 0. The van der Waals surface area contributed by atoms with Gasteiger partial charge >= 0.3 is 18.3 Å². The van der Waals surface area contributed by atoms with Gasteiger partial charge in [0.15, 0.2) is 0 Å². The molecule has 3 rings (SSSR count). The first-order valence-corrected chi connectivity index (χ1v) is 8.40. The van der Waals surface area contributed by atoms with Crippen LogP contribution in [0.4, 0.5) is 37.7 Å². The Kier molecular flexibility index (Phi) is 5.31. The lowest BCUT2D eigenvalue weighted by Gasteiger charge is -2.16. The molecule has 0 saturated carbocycles. The number of hydrogen-bond acceptors (Lipinski definition) is 3. The second kappa shape index (κ2) is 7.47. The molecule has 0 spiro atoms. The average molecular weight is 430 g/mol. The van der Waals surface area contributed by atoms with Crippen LogP contribution in [0.1, 0.15) is 23.5 Å². The van der Waals surface area contributed by atoms with Crippen LogP contribution >= 0.6 is 0 Å². The molecule has 30 heavy (non-hydrogen) atoms. The Hall–Kier alpha value is -3.37. The highest BCUT2D eigenvalue weighted by atomic mass is 19.4. The van der Waals surface area contributed by atoms with Gasteiger partial charge in [0.2, 0.25) is 11.8 Å². The van der Waals surface area contributed by atoms with Gasteiger partial charge in [-0.3, -0.25) is 19.3 Å². The minimum atomic E-state index is -5.06. The van der Waals surface area contributed by atoms with Gasteiger partial charge in [-0.2, -0.15) is 26.3 Å². The SMILES string of the molecule is O=C1CC(c2ccc(NC(=O)C(F)(F)F)cc2)C(=O)N1c1ccc(C(F)(F)F)cc1. The Morgan fingerprint density at radius 2 is 1.47 bits per heavy atom. The van der Waals surface area contributed by atoms with Crippen molar-refractivity contribution >= 4 is 29.1 Å². The van der Waals surface area contributed by atoms with E-state index in [9.17, 15) is 40.7 Å². The van der Waals surface area contributed by atoms with Gasteiger partial charge in [0.25, 0.3) is 0 Å². The molecule has 11 heteroatoms. The molecular weight excluding hydrogens is 418 g/mol. The van der Waals surface area contributed by atoms with Crippen LogP contribution < -0.4 is 10.2 Å². The molecule has 1 N–H and O–H groups in total. The summed E-state index contributed by atoms with van der Waals surface area (Å²) >= 11 is 0. The van der Waals surface area contributed by atoms with Crippen molar-refractivity contribution in [3.8, 4) is 0 Å². The maximum absolute atomic E-state index is 12.7. The van der Waals surface area contributed by atoms with Gasteiger partial charge in [-0.1, -0.05) is 12.1 Å². The predicted octanol–water partition coefficient (Wildman–Crippen LogP) is 4.25. The molecule has 158 valence electrons. The van der Waals surface area contributed by atoms with Crippen molar-refractivity contribution in [2.45, 2.75) is 24.7 Å². The monoisotopic (exact) mass is 430 g/mol. The quantitative estimate of drug-likeness (QED) is 0.585. The summed E-state index contributed by atoms with van der Waals surface area (Å²) in [6, 6.07) is 8.40. The molecule has 2 aromatic rings. The lowest BCUT2D eigenvalue weighted by molar-refractivity contribution is -0.167. The van der Waals surface area contributed by atoms with E-state index in [2.05, 4.69) is 0 Å². The standard InChI is InChI=1S/C19H12F6N2O3/c20-18(21,22)11-3-7-13(8-4-11)27-15(28)9-14(16(27)29)10-1-5-12(6-2-10)26-17(30)19(23,24)25/h1-8,14H,9H2,(H,26,30). The lowest BCUT2D eigenvalue weighted by Crippen LogP contribution is -2.30. The van der Waals surface area contributed by atoms with Crippen molar-refractivity contribution < 1.29 is 40.7 Å². The number of imide groups is 1. The molecule has 1 aliphatic heterocycles. The molecule has 0 aliphatic carbocycles. The van der Waals surface area contributed by atoms with Gasteiger partial charge in [-0.25, -0.2) is 0 Å². The summed E-state index contributed by atoms with van der Waals surface area (Å²) in [6.07, 6.45) is -9.88. The summed E-state index contributed by atoms with van der Waals surface area (Å²) in [5.41, 5.74) is -0.793. The van der Waals surface area contributed by atoms with E-state index in [1.165, 1.54) is 12.1 Å². The van der Waals surface area contributed by atoms with Gasteiger partial charge < -0.3 is 5.32 Å². The third kappa shape index (κ3) is 4.29. The first kappa shape index (κ1) is 21.3. The Balaban J connectivity index is 1.77. The van der Waals surface area contributed by atoms with E-state index in [1.807, 2.05) is 0 Å². The van der Waals surface area contributed by atoms with Crippen LogP contribution in [-0.4, -0.2) is 23.9 Å². The molecular formula is C19H12F6N2O3. The topological polar surface area (TPSA) is 66.5 Å². The second-order valence-electron chi connectivity index (χ2n) is 6.44. The van der Waals surface area contributed by atoms with E-state index in [0.717, 1.165) is 41.3 Å². The number of alkyl halides is 6. The minimum absolute atomic E-state index is 0.0189. The van der Waals surface area contributed by atoms with Crippen molar-refractivity contribution in [1.82, 2.24) is 0 Å². The molecule has 3 amide bonds. The first-order valence-electron chi connectivity index (χ1n) is 8.40. The minimum Gasteiger partial charge on any atom is -0.318 e. The molecule has 5 nitrogen and oxygen atoms in total. The normalized spacial score (nSPS) is 17.4. The molecule has 1 saturated heterocycles. The highest BCUT2D eigenvalue weighted by molar-refractivity contribution is 6.22. The molecule has 1 atom stereocenters. The number of rotatable bonds is 3. The molecule has 2 aromatic carbocycles. The fourth-order valence-electron chi connectivity index (χ4n) is 2.96. The Morgan fingerprint density at radius 3 is 1.97 bits per heavy atom. The van der Waals surface area contributed by atoms with Crippen LogP contribution in [0.15, 0.2) is 48.5 Å². The van der Waals surface area contributed by atoms with Crippen LogP contribution in [0.5, 0.6) is 0 Å². The summed E-state index contributed by atoms with van der Waals surface area (Å²) < 4.78 is 74.9. The van der Waals surface area contributed by atoms with Crippen LogP contribution in [-0.2, 0) is 20.6 Å². The summed E-state index contributed by atoms with van der Waals surface area (Å²) in [4.78, 5) is 36.6. The van der Waals surface area contributed by atoms with E-state index < -0.39 is 41.6 Å². The molecule has 1 aliphatic rings. The number of benzene rings is 2. The fraction of sp³-hybridized carbons (Fsp3) is 0.211. The molecule has 0 radical (unpaired) electrons. The Bertz CT molecular complexity index is 981. The summed E-state index contributed by atoms with van der Waals surface area (Å²) in [5, 5.41) is 1.65. The van der Waals surface area contributed by atoms with E-state index in [1.54, 1.807) is 5.32 Å². The van der Waals surface area contributed by atoms with E-state index in [0.29, 0.717) is 5.56 Å². The zero-order valence-corrected chi connectivity index (χ0v) is 14.8. The number of nitrogens with one attached hydrogen (secondary N) is 1. The van der Waals surface area contributed by atoms with Gasteiger partial charge in [0.05, 0.1) is 17.2 Å². The molecule has 0 aromatic heterocycles. The maximum Gasteiger partial charge on any atom is 0.471 e. The van der Waals surface area contributed by atoms with Crippen molar-refractivity contribution in [2.75, 3.05) is 10.2 Å². The van der Waals surface area contributed by atoms with Crippen molar-refractivity contribution in [1.29, 1.82) is 0 Å². The molecule has 1 fully saturated rings. The van der Waals surface area contributed by atoms with Gasteiger partial charge in [-0.15, -0.1) is 0 Å². The van der Waals surface area contributed by atoms with Crippen molar-refractivity contribution in [3.63, 3.8) is 0 Å². The summed E-state index contributed by atoms with van der Waals surface area (Å²) in [7, 11) is 0. The highest BCUT2D eigenvalue weighted by Gasteiger charge is 2.41. The molecule has 0 bridgehead atoms. The van der Waals surface area contributed by atoms with E-state index >= 15 is 0 Å². The fourth-order valence-corrected chi connectivity index (χ4v) is 2.96. The Morgan fingerprint density at radius 1 is 0.900 bits per heavy atom. The smallest absolute Gasteiger partial charge is 0.318 e. The highest BCUT2D eigenvalue weighted by Crippen LogP contribution is 2.35. The Labute approximate surface area is 165 Å². The number of halogens is 6. The predicted molar refractivity (Wildman–Crippen MR) is 92.4 cm³/mol. The lowest BCUT2D eigenvalue weighted by atomic mass is 9.97. The van der Waals surface area contributed by atoms with Gasteiger partial charge in [0.1, 0.15) is 0 Å². The molecule has 1 unspecified atom stereocenters. The number of carbonyl (C=O) groups is 3. The van der Waals surface area contributed by atoms with Crippen LogP contribution in [0, 0.1) is 0 Å². The number of anilines is 2. The van der Waals surface area contributed by atoms with Crippen LogP contribution in [0.25, 0.3) is 0 Å². The third-order valence-corrected chi connectivity index (χ3v) is 4.43. The zero-order chi connectivity index (χ0) is 22.3. The van der Waals surface area contributed by atoms with Crippen LogP contribution in [0.2, 0.25) is 0 Å². The van der Waals surface area contributed by atoms with Crippen LogP contribution in [0.3, 0.4) is 0 Å². The zero-order valence-electron chi connectivity index (χ0n) is 14.8. The summed E-state index contributed by atoms with van der Waals surface area (Å²) in [5.74, 6) is -4.41. The van der Waals surface area contributed by atoms with Crippen molar-refractivity contribution in [3.05, 3.63) is 59.7 Å². The van der Waals surface area contributed by atoms with E-state index in [-0.39, 0.29) is 17.8 Å². The number of carbonyl (C=O) groups excluding carboxylic acids is 3. The largest absolute Gasteiger partial charge is 0.471 e. The van der Waals surface area contributed by atoms with E-state index in [4.69, 9.17) is 0 Å². The van der Waals surface area contributed by atoms with Crippen molar-refractivity contribution in [2.24, 2.45) is 0 Å². The third-order valence-electron chi connectivity index (χ3n) is 4.43. The van der Waals surface area contributed by atoms with Gasteiger partial charge in [0, 0.05) is 12.1 Å². The number of amides is 3. The number of nitrogens with zero attached hydrogens (tertiary/aromatic N) is 1. The van der Waals surface area contributed by atoms with Gasteiger partial charge in [-0.05, 0) is 42.0 Å². The molecule has 1 heterocycles. The first-order chi connectivity index (χ1) is 13.9. The second-order valence-corrected chi connectivity index (χ2v) is 6.44. The number of hydrogen-bond donors (Lipinski definition) is 1. The average Bonchev–Trinajstić information content (AvgIpc) is 2.95. The maximum atomic E-state index is 12.7.